The predicted octanol–water partition coefficient (Wildman–Crippen LogP) is 3.76. The lowest BCUT2D eigenvalue weighted by Crippen LogP contribution is -2.24. The first-order valence-electron chi connectivity index (χ1n) is 6.58. The van der Waals surface area contributed by atoms with Crippen LogP contribution in [0.3, 0.4) is 0 Å². The minimum Gasteiger partial charge on any atom is -0.450 e. The number of carbonyl (C=O) groups is 1. The van der Waals surface area contributed by atoms with Crippen LogP contribution in [0.4, 0.5) is 4.39 Å². The second-order valence-electron chi connectivity index (χ2n) is 5.38. The van der Waals surface area contributed by atoms with Crippen LogP contribution in [-0.2, 0) is 16.8 Å². The molecule has 102 valence electrons. The monoisotopic (exact) mass is 270 g/mol. The molecule has 1 unspecified atom stereocenters. The molecule has 20 heavy (non-hydrogen) atoms. The first-order valence-corrected chi connectivity index (χ1v) is 6.58. The predicted molar refractivity (Wildman–Crippen MR) is 74.1 cm³/mol. The third-order valence-electron chi connectivity index (χ3n) is 3.88. The van der Waals surface area contributed by atoms with Gasteiger partial charge in [-0.05, 0) is 31.0 Å². The van der Waals surface area contributed by atoms with Crippen LogP contribution in [0.1, 0.15) is 34.0 Å². The zero-order valence-electron chi connectivity index (χ0n) is 11.4. The molecule has 3 rings (SSSR count). The fourth-order valence-corrected chi connectivity index (χ4v) is 2.82. The molecule has 2 aromatic rings. The minimum absolute atomic E-state index is 0.365. The van der Waals surface area contributed by atoms with Crippen molar-refractivity contribution in [1.82, 2.24) is 0 Å². The SMILES string of the molecule is Cc1c(F)ccc2c1C(=O)OC2(C)Cc1ccccc1. The minimum atomic E-state index is -0.730. The van der Waals surface area contributed by atoms with Crippen LogP contribution in [-0.4, -0.2) is 5.97 Å². The van der Waals surface area contributed by atoms with Crippen LogP contribution < -0.4 is 0 Å². The van der Waals surface area contributed by atoms with Crippen LogP contribution in [0, 0.1) is 12.7 Å². The number of benzene rings is 2. The van der Waals surface area contributed by atoms with E-state index in [0.717, 1.165) is 11.1 Å². The van der Waals surface area contributed by atoms with E-state index in [1.807, 2.05) is 37.3 Å². The molecule has 0 aliphatic carbocycles. The van der Waals surface area contributed by atoms with Gasteiger partial charge >= 0.3 is 5.97 Å². The Kier molecular flexibility index (Phi) is 2.85. The third kappa shape index (κ3) is 1.90. The van der Waals surface area contributed by atoms with Gasteiger partial charge in [0.15, 0.2) is 0 Å². The summed E-state index contributed by atoms with van der Waals surface area (Å²) in [5, 5.41) is 0. The Balaban J connectivity index is 2.06. The van der Waals surface area contributed by atoms with Crippen LogP contribution >= 0.6 is 0 Å². The quantitative estimate of drug-likeness (QED) is 0.777. The highest BCUT2D eigenvalue weighted by Crippen LogP contribution is 2.40. The van der Waals surface area contributed by atoms with E-state index in [1.54, 1.807) is 13.0 Å². The van der Waals surface area contributed by atoms with E-state index in [9.17, 15) is 9.18 Å². The smallest absolute Gasteiger partial charge is 0.339 e. The molecule has 2 nitrogen and oxygen atoms in total. The molecule has 1 aliphatic heterocycles. The normalized spacial score (nSPS) is 20.6. The Hall–Kier alpha value is -2.16. The van der Waals surface area contributed by atoms with Gasteiger partial charge in [0.05, 0.1) is 5.56 Å². The fourth-order valence-electron chi connectivity index (χ4n) is 2.82. The van der Waals surface area contributed by atoms with Gasteiger partial charge in [-0.1, -0.05) is 36.4 Å². The van der Waals surface area contributed by atoms with E-state index in [1.165, 1.54) is 6.07 Å². The van der Waals surface area contributed by atoms with Gasteiger partial charge in [0.25, 0.3) is 0 Å². The third-order valence-corrected chi connectivity index (χ3v) is 3.88. The van der Waals surface area contributed by atoms with E-state index >= 15 is 0 Å². The van der Waals surface area contributed by atoms with E-state index in [2.05, 4.69) is 0 Å². The lowest BCUT2D eigenvalue weighted by molar-refractivity contribution is 0.00117. The molecule has 0 radical (unpaired) electrons. The number of hydrogen-bond acceptors (Lipinski definition) is 2. The maximum absolute atomic E-state index is 13.6. The molecule has 0 saturated carbocycles. The van der Waals surface area contributed by atoms with Crippen molar-refractivity contribution in [3.8, 4) is 0 Å². The first kappa shape index (κ1) is 12.9. The molecule has 0 bridgehead atoms. The molecular weight excluding hydrogens is 255 g/mol. The number of hydrogen-bond donors (Lipinski definition) is 0. The molecule has 0 saturated heterocycles. The van der Waals surface area contributed by atoms with Gasteiger partial charge in [0.1, 0.15) is 11.4 Å². The zero-order chi connectivity index (χ0) is 14.3. The summed E-state index contributed by atoms with van der Waals surface area (Å²) in [6, 6.07) is 12.9. The molecular formula is C17H15FO2. The van der Waals surface area contributed by atoms with Gasteiger partial charge in [0, 0.05) is 12.0 Å². The highest BCUT2D eigenvalue weighted by molar-refractivity contribution is 5.96. The van der Waals surface area contributed by atoms with E-state index in [-0.39, 0.29) is 5.82 Å². The number of esters is 1. The molecule has 1 atom stereocenters. The molecule has 3 heteroatoms. The Morgan fingerprint density at radius 1 is 1.15 bits per heavy atom. The number of fused-ring (bicyclic) bond motifs is 1. The second kappa shape index (κ2) is 4.44. The van der Waals surface area contributed by atoms with Crippen LogP contribution in [0.15, 0.2) is 42.5 Å². The zero-order valence-corrected chi connectivity index (χ0v) is 11.4. The second-order valence-corrected chi connectivity index (χ2v) is 5.38. The summed E-state index contributed by atoms with van der Waals surface area (Å²) in [5.41, 5.74) is 1.86. The highest BCUT2D eigenvalue weighted by atomic mass is 19.1. The van der Waals surface area contributed by atoms with Crippen LogP contribution in [0.25, 0.3) is 0 Å². The summed E-state index contributed by atoms with van der Waals surface area (Å²) in [5.74, 6) is -0.805. The Morgan fingerprint density at radius 2 is 1.85 bits per heavy atom. The summed E-state index contributed by atoms with van der Waals surface area (Å²) >= 11 is 0. The summed E-state index contributed by atoms with van der Waals surface area (Å²) in [6.45, 7) is 3.49. The Bertz CT molecular complexity index is 679. The Morgan fingerprint density at radius 3 is 2.55 bits per heavy atom. The van der Waals surface area contributed by atoms with Gasteiger partial charge in [-0.3, -0.25) is 0 Å². The van der Waals surface area contributed by atoms with Crippen molar-refractivity contribution in [3.63, 3.8) is 0 Å². The van der Waals surface area contributed by atoms with Crippen LogP contribution in [0.5, 0.6) is 0 Å². The molecule has 0 amide bonds. The van der Waals surface area contributed by atoms with Crippen molar-refractivity contribution in [2.75, 3.05) is 0 Å². The van der Waals surface area contributed by atoms with Crippen molar-refractivity contribution in [2.45, 2.75) is 25.9 Å². The number of ether oxygens (including phenoxy) is 1. The first-order chi connectivity index (χ1) is 9.51. The van der Waals surface area contributed by atoms with Gasteiger partial charge < -0.3 is 4.74 Å². The molecule has 2 aromatic carbocycles. The van der Waals surface area contributed by atoms with Crippen molar-refractivity contribution >= 4 is 5.97 Å². The molecule has 1 heterocycles. The average molecular weight is 270 g/mol. The maximum Gasteiger partial charge on any atom is 0.339 e. The highest BCUT2D eigenvalue weighted by Gasteiger charge is 2.43. The van der Waals surface area contributed by atoms with Crippen molar-refractivity contribution < 1.29 is 13.9 Å². The number of cyclic esters (lactones) is 1. The molecule has 0 fully saturated rings. The van der Waals surface area contributed by atoms with Gasteiger partial charge in [-0.15, -0.1) is 0 Å². The van der Waals surface area contributed by atoms with Gasteiger partial charge in [0.2, 0.25) is 0 Å². The molecule has 0 aromatic heterocycles. The van der Waals surface area contributed by atoms with E-state index in [4.69, 9.17) is 4.74 Å². The maximum atomic E-state index is 13.6. The largest absolute Gasteiger partial charge is 0.450 e. The van der Waals surface area contributed by atoms with Crippen molar-refractivity contribution in [1.29, 1.82) is 0 Å². The Labute approximate surface area is 117 Å². The van der Waals surface area contributed by atoms with Crippen molar-refractivity contribution in [3.05, 3.63) is 70.5 Å². The van der Waals surface area contributed by atoms with Crippen LogP contribution in [0.2, 0.25) is 0 Å². The molecule has 0 spiro atoms. The van der Waals surface area contributed by atoms with Gasteiger partial charge in [-0.2, -0.15) is 0 Å². The average Bonchev–Trinajstić information content (AvgIpc) is 2.66. The summed E-state index contributed by atoms with van der Waals surface area (Å²) in [6.07, 6.45) is 0.581. The lowest BCUT2D eigenvalue weighted by atomic mass is 9.87. The van der Waals surface area contributed by atoms with Gasteiger partial charge in [-0.25, -0.2) is 9.18 Å². The standard InChI is InChI=1S/C17H15FO2/c1-11-14(18)9-8-13-15(11)16(19)20-17(13,2)10-12-6-4-3-5-7-12/h3-9H,10H2,1-2H3. The topological polar surface area (TPSA) is 26.3 Å². The molecule has 1 aliphatic rings. The number of halogens is 1. The van der Waals surface area contributed by atoms with Crippen molar-refractivity contribution in [2.24, 2.45) is 0 Å². The summed E-state index contributed by atoms with van der Waals surface area (Å²) in [7, 11) is 0. The fraction of sp³-hybridized carbons (Fsp3) is 0.235. The van der Waals surface area contributed by atoms with E-state index in [0.29, 0.717) is 17.5 Å². The lowest BCUT2D eigenvalue weighted by Gasteiger charge is -2.24. The van der Waals surface area contributed by atoms with E-state index < -0.39 is 11.6 Å². The molecule has 0 N–H and O–H groups in total. The summed E-state index contributed by atoms with van der Waals surface area (Å²) in [4.78, 5) is 12.1. The number of rotatable bonds is 2. The summed E-state index contributed by atoms with van der Waals surface area (Å²) < 4.78 is 19.2. The number of carbonyl (C=O) groups excluding carboxylic acids is 1.